The molecule has 0 spiro atoms. The van der Waals surface area contributed by atoms with Crippen molar-refractivity contribution >= 4 is 5.69 Å². The molecule has 9 nitrogen and oxygen atoms in total. The van der Waals surface area contributed by atoms with Gasteiger partial charge in [0.25, 0.3) is 0 Å². The monoisotopic (exact) mass is 572 g/mol. The number of halogens is 3. The first-order valence-electron chi connectivity index (χ1n) is 13.2. The van der Waals surface area contributed by atoms with Crippen LogP contribution >= 0.6 is 0 Å². The van der Waals surface area contributed by atoms with Crippen molar-refractivity contribution in [2.75, 3.05) is 20.3 Å². The zero-order chi connectivity index (χ0) is 30.1. The van der Waals surface area contributed by atoms with Gasteiger partial charge in [0.05, 0.1) is 25.1 Å². The number of fused-ring (bicyclic) bond motifs is 3. The molecule has 0 unspecified atom stereocenters. The fraction of sp³-hybridized carbons (Fsp3) is 0.379. The predicted octanol–water partition coefficient (Wildman–Crippen LogP) is 3.68. The number of methoxy groups -OCH3 is 1. The molecule has 1 aliphatic heterocycles. The van der Waals surface area contributed by atoms with Crippen molar-refractivity contribution in [3.8, 4) is 22.8 Å². The number of aryl methyl sites for hydroxylation is 4. The van der Waals surface area contributed by atoms with Crippen molar-refractivity contribution in [3.05, 3.63) is 80.1 Å². The van der Waals surface area contributed by atoms with Gasteiger partial charge in [-0.2, -0.15) is 13.2 Å². The normalized spacial score (nSPS) is 13.8. The molecule has 0 aliphatic carbocycles. The third kappa shape index (κ3) is 6.06. The van der Waals surface area contributed by atoms with E-state index in [1.165, 1.54) is 4.57 Å². The van der Waals surface area contributed by atoms with Crippen LogP contribution in [0.5, 0.6) is 11.5 Å². The van der Waals surface area contributed by atoms with Crippen LogP contribution in [-0.4, -0.2) is 35.6 Å². The van der Waals surface area contributed by atoms with Gasteiger partial charge in [-0.05, 0) is 62.9 Å². The molecule has 220 valence electrons. The fourth-order valence-electron chi connectivity index (χ4n) is 5.09. The van der Waals surface area contributed by atoms with Crippen LogP contribution in [0.25, 0.3) is 11.3 Å². The van der Waals surface area contributed by atoms with Crippen molar-refractivity contribution in [2.24, 2.45) is 16.5 Å². The number of hydrogen-bond donors (Lipinski definition) is 3. The Bertz CT molecular complexity index is 1610. The first-order valence-corrected chi connectivity index (χ1v) is 13.2. The highest BCUT2D eigenvalue weighted by Gasteiger charge is 2.34. The van der Waals surface area contributed by atoms with Gasteiger partial charge in [0.1, 0.15) is 11.3 Å². The molecule has 41 heavy (non-hydrogen) atoms. The van der Waals surface area contributed by atoms with E-state index in [2.05, 4.69) is 5.32 Å². The molecular weight excluding hydrogens is 537 g/mol. The van der Waals surface area contributed by atoms with E-state index in [1.54, 1.807) is 11.7 Å². The zero-order valence-corrected chi connectivity index (χ0v) is 23.8. The number of nitrogens with two attached hydrogens (primary N) is 2. The first-order chi connectivity index (χ1) is 19.3. The van der Waals surface area contributed by atoms with E-state index < -0.39 is 17.7 Å². The van der Waals surface area contributed by atoms with E-state index >= 15 is 0 Å². The van der Waals surface area contributed by atoms with E-state index in [9.17, 15) is 18.0 Å². The minimum absolute atomic E-state index is 0.00675. The smallest absolute Gasteiger partial charge is 0.434 e. The van der Waals surface area contributed by atoms with Crippen molar-refractivity contribution in [1.82, 2.24) is 14.5 Å². The molecule has 4 rings (SSSR count). The van der Waals surface area contributed by atoms with Crippen molar-refractivity contribution in [3.63, 3.8) is 0 Å². The van der Waals surface area contributed by atoms with Crippen LogP contribution in [0.15, 0.2) is 51.6 Å². The summed E-state index contributed by atoms with van der Waals surface area (Å²) < 4.78 is 53.3. The summed E-state index contributed by atoms with van der Waals surface area (Å²) in [5.74, 6) is 0.466. The van der Waals surface area contributed by atoms with Crippen LogP contribution in [0, 0.1) is 20.8 Å². The van der Waals surface area contributed by atoms with Gasteiger partial charge in [-0.3, -0.25) is 9.13 Å². The standard InChI is InChI=1S/C29H35F3N6O3/c1-6-41-23-13-19-7-9-37-21(20(19)14-22(23)40-5)15-24(36-25-17(3)11-16(2)12-18(25)4)38(28(37)39)10-8-35-27(34)26(33)29(30,31)32/h11-15,35H,6-10,33-34H2,1-5H3/b27-26+,36-24?. The molecule has 3 aromatic rings. The zero-order valence-electron chi connectivity index (χ0n) is 23.8. The molecule has 0 amide bonds. The van der Waals surface area contributed by atoms with Gasteiger partial charge in [-0.15, -0.1) is 0 Å². The highest BCUT2D eigenvalue weighted by Crippen LogP contribution is 2.37. The molecule has 2 heterocycles. The second-order valence-electron chi connectivity index (χ2n) is 9.93. The lowest BCUT2D eigenvalue weighted by Crippen LogP contribution is -2.44. The Balaban J connectivity index is 1.89. The van der Waals surface area contributed by atoms with E-state index in [-0.39, 0.29) is 18.8 Å². The molecule has 5 N–H and O–H groups in total. The molecule has 1 aromatic heterocycles. The molecule has 0 saturated heterocycles. The number of alkyl halides is 3. The van der Waals surface area contributed by atoms with E-state index in [1.807, 2.05) is 58.0 Å². The molecule has 2 aromatic carbocycles. The van der Waals surface area contributed by atoms with Gasteiger partial charge in [0.2, 0.25) is 0 Å². The second-order valence-corrected chi connectivity index (χ2v) is 9.93. The molecule has 0 atom stereocenters. The highest BCUT2D eigenvalue weighted by atomic mass is 19.4. The third-order valence-corrected chi connectivity index (χ3v) is 6.97. The summed E-state index contributed by atoms with van der Waals surface area (Å²) in [7, 11) is 1.56. The Morgan fingerprint density at radius 2 is 1.76 bits per heavy atom. The number of hydrogen-bond acceptors (Lipinski definition) is 7. The maximum absolute atomic E-state index is 13.9. The number of nitrogens with one attached hydrogen (secondary N) is 1. The number of allylic oxidation sites excluding steroid dienone is 1. The van der Waals surface area contributed by atoms with Crippen molar-refractivity contribution < 1.29 is 22.6 Å². The van der Waals surface area contributed by atoms with Crippen LogP contribution < -0.4 is 37.4 Å². The first kappa shape index (κ1) is 29.6. The number of nitrogens with zero attached hydrogens (tertiary/aromatic N) is 3. The fourth-order valence-corrected chi connectivity index (χ4v) is 5.09. The Hall–Kier alpha value is -4.35. The maximum Gasteiger partial charge on any atom is 0.434 e. The number of rotatable bonds is 8. The predicted molar refractivity (Wildman–Crippen MR) is 151 cm³/mol. The summed E-state index contributed by atoms with van der Waals surface area (Å²) in [5, 5.41) is 2.49. The summed E-state index contributed by atoms with van der Waals surface area (Å²) in [6.07, 6.45) is -4.19. The Morgan fingerprint density at radius 1 is 1.07 bits per heavy atom. The molecule has 0 fully saturated rings. The molecule has 0 radical (unpaired) electrons. The minimum atomic E-state index is -4.77. The second kappa shape index (κ2) is 11.6. The lowest BCUT2D eigenvalue weighted by molar-refractivity contribution is -0.0939. The van der Waals surface area contributed by atoms with Gasteiger partial charge in [-0.25, -0.2) is 9.79 Å². The number of benzene rings is 2. The Morgan fingerprint density at radius 3 is 2.37 bits per heavy atom. The topological polar surface area (TPSA) is 122 Å². The molecular formula is C29H35F3N6O3. The van der Waals surface area contributed by atoms with Gasteiger partial charge >= 0.3 is 11.9 Å². The minimum Gasteiger partial charge on any atom is -0.493 e. The lowest BCUT2D eigenvalue weighted by Gasteiger charge is -2.25. The largest absolute Gasteiger partial charge is 0.493 e. The van der Waals surface area contributed by atoms with Gasteiger partial charge in [0, 0.05) is 31.3 Å². The third-order valence-electron chi connectivity index (χ3n) is 6.97. The summed E-state index contributed by atoms with van der Waals surface area (Å²) in [6.45, 7) is 8.56. The molecule has 0 saturated carbocycles. The van der Waals surface area contributed by atoms with Crippen LogP contribution in [0.3, 0.4) is 0 Å². The SMILES string of the molecule is CCOc1cc2c(cc1OC)-c1cc(=Nc3c(C)cc(C)cc3C)n(CCN/C(N)=C(/N)C(F)(F)F)c(=O)n1CC2. The summed E-state index contributed by atoms with van der Waals surface area (Å²) in [6, 6.07) is 9.62. The molecule has 0 bridgehead atoms. The summed E-state index contributed by atoms with van der Waals surface area (Å²) >= 11 is 0. The average Bonchev–Trinajstić information content (AvgIpc) is 2.90. The van der Waals surface area contributed by atoms with Gasteiger partial charge in [0.15, 0.2) is 17.2 Å². The Kier molecular flexibility index (Phi) is 8.41. The van der Waals surface area contributed by atoms with Gasteiger partial charge in [-0.1, -0.05) is 17.7 Å². The number of aromatic nitrogens is 2. The Labute approximate surface area is 235 Å². The molecule has 1 aliphatic rings. The maximum atomic E-state index is 13.9. The van der Waals surface area contributed by atoms with Crippen molar-refractivity contribution in [1.29, 1.82) is 0 Å². The van der Waals surface area contributed by atoms with E-state index in [0.717, 1.165) is 27.8 Å². The highest BCUT2D eigenvalue weighted by molar-refractivity contribution is 5.70. The quantitative estimate of drug-likeness (QED) is 0.379. The van der Waals surface area contributed by atoms with Crippen LogP contribution in [0.1, 0.15) is 29.2 Å². The van der Waals surface area contributed by atoms with Crippen LogP contribution in [-0.2, 0) is 19.5 Å². The van der Waals surface area contributed by atoms with Crippen LogP contribution in [0.4, 0.5) is 18.9 Å². The van der Waals surface area contributed by atoms with Crippen LogP contribution in [0.2, 0.25) is 0 Å². The summed E-state index contributed by atoms with van der Waals surface area (Å²) in [4.78, 5) is 18.8. The van der Waals surface area contributed by atoms with Gasteiger partial charge < -0.3 is 26.3 Å². The average molecular weight is 573 g/mol. The van der Waals surface area contributed by atoms with E-state index in [0.29, 0.717) is 47.9 Å². The van der Waals surface area contributed by atoms with Crippen molar-refractivity contribution in [2.45, 2.75) is 53.4 Å². The number of ether oxygens (including phenoxy) is 2. The van der Waals surface area contributed by atoms with E-state index in [4.69, 9.17) is 25.9 Å². The lowest BCUT2D eigenvalue weighted by atomic mass is 9.97. The molecule has 12 heteroatoms. The summed E-state index contributed by atoms with van der Waals surface area (Å²) in [5.41, 5.74) is 15.4.